The lowest BCUT2D eigenvalue weighted by Crippen LogP contribution is -2.32. The number of pyridine rings is 1. The number of hydrogen-bond donors (Lipinski definition) is 4. The predicted octanol–water partition coefficient (Wildman–Crippen LogP) is 8.02. The number of halogens is 3. The Kier molecular flexibility index (Phi) is 18.5. The quantitative estimate of drug-likeness (QED) is 0.182. The summed E-state index contributed by atoms with van der Waals surface area (Å²) in [5.74, 6) is 0.882. The van der Waals surface area contributed by atoms with Crippen LogP contribution >= 0.6 is 0 Å². The van der Waals surface area contributed by atoms with Crippen LogP contribution in [0.15, 0.2) is 24.3 Å². The van der Waals surface area contributed by atoms with Crippen molar-refractivity contribution < 1.29 is 27.8 Å². The van der Waals surface area contributed by atoms with Crippen molar-refractivity contribution in [3.05, 3.63) is 58.0 Å². The van der Waals surface area contributed by atoms with Crippen molar-refractivity contribution in [1.29, 1.82) is 10.8 Å². The maximum absolute atomic E-state index is 15.2. The molecule has 8 nitrogen and oxygen atoms in total. The molecule has 3 heterocycles. The van der Waals surface area contributed by atoms with E-state index in [1.165, 1.54) is 38.0 Å². The van der Waals surface area contributed by atoms with Crippen LogP contribution in [-0.2, 0) is 17.7 Å². The van der Waals surface area contributed by atoms with E-state index in [9.17, 15) is 18.7 Å². The van der Waals surface area contributed by atoms with Crippen LogP contribution in [0.2, 0.25) is 0 Å². The summed E-state index contributed by atoms with van der Waals surface area (Å²) in [6.07, 6.45) is 10.5. The number of hydrogen-bond acceptors (Lipinski definition) is 7. The van der Waals surface area contributed by atoms with Gasteiger partial charge < -0.3 is 26.0 Å². The van der Waals surface area contributed by atoms with Crippen LogP contribution in [0.3, 0.4) is 0 Å². The fourth-order valence-electron chi connectivity index (χ4n) is 5.27. The van der Waals surface area contributed by atoms with Gasteiger partial charge >= 0.3 is 0 Å². The molecular weight excluding hydrogens is 607 g/mol. The highest BCUT2D eigenvalue weighted by Gasteiger charge is 2.34. The van der Waals surface area contributed by atoms with E-state index in [4.69, 9.17) is 20.5 Å². The first-order valence-electron chi connectivity index (χ1n) is 17.0. The summed E-state index contributed by atoms with van der Waals surface area (Å²) in [7, 11) is 0. The molecule has 6 rings (SSSR count). The predicted molar refractivity (Wildman–Crippen MR) is 183 cm³/mol. The number of carbonyl (C=O) groups is 1. The lowest BCUT2D eigenvalue weighted by molar-refractivity contribution is 0.0367. The zero-order valence-electron chi connectivity index (χ0n) is 28.5. The number of rotatable bonds is 11. The molecule has 47 heavy (non-hydrogen) atoms. The van der Waals surface area contributed by atoms with Gasteiger partial charge in [0.2, 0.25) is 6.93 Å². The Balaban J connectivity index is 0.000000553. The molecule has 2 aliphatic heterocycles. The molecule has 2 aliphatic carbocycles. The number of aliphatic hydroxyl groups excluding tert-OH is 1. The van der Waals surface area contributed by atoms with E-state index in [-0.39, 0.29) is 19.1 Å². The number of benzene rings is 1. The molecule has 4 aliphatic rings. The number of amides is 1. The summed E-state index contributed by atoms with van der Waals surface area (Å²) in [4.78, 5) is 19.8. The molecule has 2 aromatic rings. The first-order valence-corrected chi connectivity index (χ1v) is 17.0. The molecule has 262 valence electrons. The highest BCUT2D eigenvalue weighted by molar-refractivity contribution is 6.09. The molecule has 0 bridgehead atoms. The number of carbonyl (C=O) groups excluding carboxylic acids is 1. The van der Waals surface area contributed by atoms with Crippen LogP contribution < -0.4 is 10.2 Å². The van der Waals surface area contributed by atoms with E-state index >= 15 is 4.39 Å². The minimum Gasteiger partial charge on any atom is -0.394 e. The summed E-state index contributed by atoms with van der Waals surface area (Å²) in [5, 5.41) is 27.6. The molecule has 1 amide bonds. The number of ether oxygens (including phenoxy) is 1. The molecule has 1 saturated heterocycles. The van der Waals surface area contributed by atoms with E-state index in [1.54, 1.807) is 17.9 Å². The Bertz CT molecular complexity index is 1260. The van der Waals surface area contributed by atoms with Crippen molar-refractivity contribution in [3.63, 3.8) is 0 Å². The van der Waals surface area contributed by atoms with Gasteiger partial charge in [-0.1, -0.05) is 33.6 Å². The number of fused-ring (bicyclic) bond motifs is 1. The first kappa shape index (κ1) is 40.0. The second-order valence-corrected chi connectivity index (χ2v) is 11.8. The summed E-state index contributed by atoms with van der Waals surface area (Å²) in [6.45, 7) is 8.76. The minimum atomic E-state index is -1.75. The summed E-state index contributed by atoms with van der Waals surface area (Å²) < 4.78 is 39.2. The maximum atomic E-state index is 15.2. The van der Waals surface area contributed by atoms with E-state index in [0.29, 0.717) is 46.5 Å². The summed E-state index contributed by atoms with van der Waals surface area (Å²) in [5.41, 5.74) is 3.96. The SMILES string of the molecule is C1COC1.CC.CC=N.CCCC(=N)Cc1cc(C2CC2)nc(N2Cc3c(F)cc(C(CO)NCC4CCC4)cc3C2=O)c1.FCF. The molecule has 1 aromatic carbocycles. The second-order valence-electron chi connectivity index (χ2n) is 11.8. The third kappa shape index (κ3) is 12.4. The van der Waals surface area contributed by atoms with Crippen LogP contribution in [-0.4, -0.2) is 61.2 Å². The van der Waals surface area contributed by atoms with E-state index in [2.05, 4.69) is 18.3 Å². The van der Waals surface area contributed by atoms with Crippen molar-refractivity contribution >= 4 is 23.7 Å². The normalized spacial score (nSPS) is 16.6. The highest BCUT2D eigenvalue weighted by atomic mass is 19.3. The number of nitrogens with zero attached hydrogens (tertiary/aromatic N) is 2. The van der Waals surface area contributed by atoms with Gasteiger partial charge in [0.1, 0.15) is 11.6 Å². The smallest absolute Gasteiger partial charge is 0.260 e. The van der Waals surface area contributed by atoms with Crippen LogP contribution in [0.1, 0.15) is 124 Å². The number of aromatic nitrogens is 1. The van der Waals surface area contributed by atoms with Crippen molar-refractivity contribution in [1.82, 2.24) is 10.3 Å². The Morgan fingerprint density at radius 1 is 1.15 bits per heavy atom. The molecule has 1 aromatic heterocycles. The van der Waals surface area contributed by atoms with Crippen molar-refractivity contribution in [2.24, 2.45) is 5.92 Å². The van der Waals surface area contributed by atoms with Gasteiger partial charge in [0.25, 0.3) is 5.91 Å². The number of aliphatic hydroxyl groups is 1. The summed E-state index contributed by atoms with van der Waals surface area (Å²) in [6, 6.07) is 6.74. The number of nitrogens with one attached hydrogen (secondary N) is 3. The fraction of sp³-hybridized carbons (Fsp3) is 0.611. The van der Waals surface area contributed by atoms with Crippen molar-refractivity contribution in [2.75, 3.05) is 38.2 Å². The van der Waals surface area contributed by atoms with Gasteiger partial charge in [-0.3, -0.25) is 9.69 Å². The Labute approximate surface area is 278 Å². The topological polar surface area (TPSA) is 122 Å². The second kappa shape index (κ2) is 21.7. The molecule has 1 atom stereocenters. The first-order chi connectivity index (χ1) is 22.8. The Morgan fingerprint density at radius 3 is 2.26 bits per heavy atom. The van der Waals surface area contributed by atoms with Crippen LogP contribution in [0.25, 0.3) is 0 Å². The average molecular weight is 662 g/mol. The zero-order valence-corrected chi connectivity index (χ0v) is 28.5. The van der Waals surface area contributed by atoms with Gasteiger partial charge in [0.05, 0.1) is 19.2 Å². The molecule has 0 radical (unpaired) electrons. The number of anilines is 1. The van der Waals surface area contributed by atoms with Crippen molar-refractivity contribution in [3.8, 4) is 0 Å². The maximum Gasteiger partial charge on any atom is 0.260 e. The molecule has 4 N–H and O–H groups in total. The largest absolute Gasteiger partial charge is 0.394 e. The molecule has 3 fully saturated rings. The molecule has 2 saturated carbocycles. The van der Waals surface area contributed by atoms with Crippen LogP contribution in [0.5, 0.6) is 0 Å². The van der Waals surface area contributed by atoms with Crippen LogP contribution in [0, 0.1) is 22.6 Å². The van der Waals surface area contributed by atoms with Gasteiger partial charge in [-0.05, 0) is 99.5 Å². The third-order valence-electron chi connectivity index (χ3n) is 8.18. The lowest BCUT2D eigenvalue weighted by Gasteiger charge is -2.28. The van der Waals surface area contributed by atoms with Crippen molar-refractivity contribution in [2.45, 2.75) is 104 Å². The van der Waals surface area contributed by atoms with Gasteiger partial charge in [0, 0.05) is 48.1 Å². The molecule has 0 spiro atoms. The standard InChI is InChI=1S/C28H35FN4O2.C3H6O.C2H5N.C2H6.CH2F2/c1-2-4-21(30)9-18-10-25(19-7-8-19)32-27(11-18)33-15-23-22(28(33)35)12-20(13-24(23)29)26(16-34)31-14-17-5-3-6-17;1-2-4-3-1;1-2-3;1-2;2-1-3/h10-13,17,19,26,30-31,34H,2-9,14-16H2,1H3;1-3H2;2-3H,1H3;1-2H3;1H2. The van der Waals surface area contributed by atoms with Gasteiger partial charge in [-0.25, -0.2) is 18.2 Å². The average Bonchev–Trinajstić information content (AvgIpc) is 3.79. The van der Waals surface area contributed by atoms with E-state index in [0.717, 1.165) is 56.7 Å². The molecule has 1 unspecified atom stereocenters. The van der Waals surface area contributed by atoms with Gasteiger partial charge in [0.15, 0.2) is 0 Å². The monoisotopic (exact) mass is 661 g/mol. The zero-order chi connectivity index (χ0) is 34.8. The van der Waals surface area contributed by atoms with Gasteiger partial charge in [-0.2, -0.15) is 0 Å². The number of alkyl halides is 2. The minimum absolute atomic E-state index is 0.145. The van der Waals surface area contributed by atoms with E-state index < -0.39 is 18.8 Å². The summed E-state index contributed by atoms with van der Waals surface area (Å²) >= 11 is 0. The lowest BCUT2D eigenvalue weighted by atomic mass is 9.85. The van der Waals surface area contributed by atoms with Gasteiger partial charge in [-0.15, -0.1) is 0 Å². The fourth-order valence-corrected chi connectivity index (χ4v) is 5.27. The molecule has 11 heteroatoms. The third-order valence-corrected chi connectivity index (χ3v) is 8.18. The Hall–Kier alpha value is -3.15. The van der Waals surface area contributed by atoms with Crippen LogP contribution in [0.4, 0.5) is 19.0 Å². The Morgan fingerprint density at radius 2 is 1.77 bits per heavy atom. The highest BCUT2D eigenvalue weighted by Crippen LogP contribution is 2.41. The molecular formula is C36H54F3N5O3. The van der Waals surface area contributed by atoms with E-state index in [1.807, 2.05) is 19.9 Å².